The summed E-state index contributed by atoms with van der Waals surface area (Å²) < 4.78 is 42.6. The molecule has 0 saturated carbocycles. The van der Waals surface area contributed by atoms with Gasteiger partial charge in [-0.3, -0.25) is 0 Å². The summed E-state index contributed by atoms with van der Waals surface area (Å²) in [5, 5.41) is -0.237. The standard InChI is InChI=1S/C11H12ClF3O/c1-7(16-2)6-8-4-3-5-9(10(8)12)11(13,14)15/h3-5,7H,6H2,1-2H3. The van der Waals surface area contributed by atoms with Crippen LogP contribution in [-0.4, -0.2) is 13.2 Å². The molecular formula is C11H12ClF3O. The minimum atomic E-state index is -4.41. The third kappa shape index (κ3) is 3.12. The molecule has 0 saturated heterocycles. The second-order valence-corrected chi connectivity index (χ2v) is 3.90. The smallest absolute Gasteiger partial charge is 0.381 e. The number of methoxy groups -OCH3 is 1. The minimum Gasteiger partial charge on any atom is -0.381 e. The molecule has 0 aliphatic carbocycles. The molecule has 0 aliphatic rings. The van der Waals surface area contributed by atoms with Crippen LogP contribution in [0.1, 0.15) is 18.1 Å². The molecule has 0 aromatic heterocycles. The molecule has 0 heterocycles. The van der Waals surface area contributed by atoms with Gasteiger partial charge >= 0.3 is 6.18 Å². The van der Waals surface area contributed by atoms with Crippen LogP contribution in [0.15, 0.2) is 18.2 Å². The lowest BCUT2D eigenvalue weighted by Crippen LogP contribution is -2.12. The predicted octanol–water partition coefficient (Wildman–Crippen LogP) is 3.94. The van der Waals surface area contributed by atoms with E-state index in [1.807, 2.05) is 0 Å². The van der Waals surface area contributed by atoms with Crippen molar-refractivity contribution in [3.8, 4) is 0 Å². The van der Waals surface area contributed by atoms with E-state index in [1.54, 1.807) is 13.0 Å². The maximum Gasteiger partial charge on any atom is 0.417 e. The molecule has 1 unspecified atom stereocenters. The molecule has 0 radical (unpaired) electrons. The van der Waals surface area contributed by atoms with E-state index in [2.05, 4.69) is 0 Å². The highest BCUT2D eigenvalue weighted by Crippen LogP contribution is 2.36. The Labute approximate surface area is 97.2 Å². The SMILES string of the molecule is COC(C)Cc1cccc(C(F)(F)F)c1Cl. The molecular weight excluding hydrogens is 241 g/mol. The normalized spacial score (nSPS) is 13.9. The first-order valence-corrected chi connectivity index (χ1v) is 5.11. The van der Waals surface area contributed by atoms with Gasteiger partial charge in [0.1, 0.15) is 0 Å². The quantitative estimate of drug-likeness (QED) is 0.792. The van der Waals surface area contributed by atoms with Crippen molar-refractivity contribution in [3.05, 3.63) is 34.3 Å². The average molecular weight is 253 g/mol. The van der Waals surface area contributed by atoms with Crippen molar-refractivity contribution in [2.45, 2.75) is 25.6 Å². The molecule has 0 aliphatic heterocycles. The Hall–Kier alpha value is -0.740. The van der Waals surface area contributed by atoms with Gasteiger partial charge in [-0.25, -0.2) is 0 Å². The van der Waals surface area contributed by atoms with Crippen molar-refractivity contribution in [3.63, 3.8) is 0 Å². The Morgan fingerprint density at radius 2 is 2.00 bits per heavy atom. The van der Waals surface area contributed by atoms with Crippen molar-refractivity contribution in [1.82, 2.24) is 0 Å². The average Bonchev–Trinajstić information content (AvgIpc) is 2.19. The Bertz CT molecular complexity index is 363. The molecule has 90 valence electrons. The van der Waals surface area contributed by atoms with E-state index in [0.717, 1.165) is 6.07 Å². The van der Waals surface area contributed by atoms with Gasteiger partial charge in [0.15, 0.2) is 0 Å². The van der Waals surface area contributed by atoms with Crippen LogP contribution in [0, 0.1) is 0 Å². The summed E-state index contributed by atoms with van der Waals surface area (Å²) in [6, 6.07) is 3.91. The molecule has 0 spiro atoms. The van der Waals surface area contributed by atoms with E-state index < -0.39 is 11.7 Å². The third-order valence-corrected chi connectivity index (χ3v) is 2.74. The van der Waals surface area contributed by atoms with Crippen LogP contribution in [0.5, 0.6) is 0 Å². The van der Waals surface area contributed by atoms with Crippen LogP contribution in [0.4, 0.5) is 13.2 Å². The number of ether oxygens (including phenoxy) is 1. The molecule has 16 heavy (non-hydrogen) atoms. The van der Waals surface area contributed by atoms with Gasteiger partial charge in [-0.1, -0.05) is 23.7 Å². The Morgan fingerprint density at radius 1 is 1.38 bits per heavy atom. The molecule has 5 heteroatoms. The number of alkyl halides is 3. The first kappa shape index (κ1) is 13.3. The number of benzene rings is 1. The summed E-state index contributed by atoms with van der Waals surface area (Å²) in [5.74, 6) is 0. The molecule has 0 N–H and O–H groups in total. The van der Waals surface area contributed by atoms with E-state index in [4.69, 9.17) is 16.3 Å². The fourth-order valence-corrected chi connectivity index (χ4v) is 1.66. The highest BCUT2D eigenvalue weighted by atomic mass is 35.5. The van der Waals surface area contributed by atoms with Crippen LogP contribution in [0.2, 0.25) is 5.02 Å². The summed E-state index contributed by atoms with van der Waals surface area (Å²) in [6.45, 7) is 1.77. The van der Waals surface area contributed by atoms with Gasteiger partial charge in [0.25, 0.3) is 0 Å². The van der Waals surface area contributed by atoms with E-state index in [-0.39, 0.29) is 11.1 Å². The highest BCUT2D eigenvalue weighted by Gasteiger charge is 2.33. The van der Waals surface area contributed by atoms with Gasteiger partial charge in [0, 0.05) is 7.11 Å². The van der Waals surface area contributed by atoms with E-state index in [1.165, 1.54) is 13.2 Å². The fourth-order valence-electron chi connectivity index (χ4n) is 1.35. The minimum absolute atomic E-state index is 0.166. The van der Waals surface area contributed by atoms with Crippen LogP contribution in [0.3, 0.4) is 0 Å². The van der Waals surface area contributed by atoms with E-state index in [0.29, 0.717) is 12.0 Å². The van der Waals surface area contributed by atoms with Gasteiger partial charge in [0.05, 0.1) is 16.7 Å². The van der Waals surface area contributed by atoms with Crippen LogP contribution in [-0.2, 0) is 17.3 Å². The number of hydrogen-bond donors (Lipinski definition) is 0. The largest absolute Gasteiger partial charge is 0.417 e. The van der Waals surface area contributed by atoms with Gasteiger partial charge in [-0.15, -0.1) is 0 Å². The number of hydrogen-bond acceptors (Lipinski definition) is 1. The summed E-state index contributed by atoms with van der Waals surface area (Å²) in [4.78, 5) is 0. The second-order valence-electron chi connectivity index (χ2n) is 3.53. The lowest BCUT2D eigenvalue weighted by molar-refractivity contribution is -0.137. The van der Waals surface area contributed by atoms with Gasteiger partial charge in [-0.2, -0.15) is 13.2 Å². The van der Waals surface area contributed by atoms with Gasteiger partial charge in [0.2, 0.25) is 0 Å². The predicted molar refractivity (Wildman–Crippen MR) is 56.6 cm³/mol. The number of rotatable bonds is 3. The Balaban J connectivity index is 3.05. The maximum atomic E-state index is 12.5. The monoisotopic (exact) mass is 252 g/mol. The Kier molecular flexibility index (Phi) is 4.21. The molecule has 0 fully saturated rings. The van der Waals surface area contributed by atoms with Gasteiger partial charge < -0.3 is 4.74 Å². The highest BCUT2D eigenvalue weighted by molar-refractivity contribution is 6.32. The van der Waals surface area contributed by atoms with Crippen LogP contribution in [0.25, 0.3) is 0 Å². The molecule has 1 aromatic rings. The van der Waals surface area contributed by atoms with E-state index >= 15 is 0 Å². The summed E-state index contributed by atoms with van der Waals surface area (Å²) in [5.41, 5.74) is -0.346. The van der Waals surface area contributed by atoms with Gasteiger partial charge in [-0.05, 0) is 25.0 Å². The van der Waals surface area contributed by atoms with Crippen molar-refractivity contribution in [1.29, 1.82) is 0 Å². The zero-order valence-corrected chi connectivity index (χ0v) is 9.69. The lowest BCUT2D eigenvalue weighted by Gasteiger charge is -2.14. The Morgan fingerprint density at radius 3 is 2.50 bits per heavy atom. The molecule has 1 rings (SSSR count). The molecule has 0 bridgehead atoms. The summed E-state index contributed by atoms with van der Waals surface area (Å²) in [6.07, 6.45) is -4.22. The lowest BCUT2D eigenvalue weighted by atomic mass is 10.1. The van der Waals surface area contributed by atoms with Crippen molar-refractivity contribution in [2.75, 3.05) is 7.11 Å². The third-order valence-electron chi connectivity index (χ3n) is 2.29. The molecule has 0 amide bonds. The fraction of sp³-hybridized carbons (Fsp3) is 0.455. The topological polar surface area (TPSA) is 9.23 Å². The van der Waals surface area contributed by atoms with Crippen molar-refractivity contribution >= 4 is 11.6 Å². The van der Waals surface area contributed by atoms with Crippen molar-refractivity contribution in [2.24, 2.45) is 0 Å². The molecule has 1 aromatic carbocycles. The summed E-state index contributed by atoms with van der Waals surface area (Å²) in [7, 11) is 1.51. The van der Waals surface area contributed by atoms with E-state index in [9.17, 15) is 13.2 Å². The zero-order chi connectivity index (χ0) is 12.3. The maximum absolute atomic E-state index is 12.5. The number of halogens is 4. The first-order chi connectivity index (χ1) is 7.36. The molecule has 1 nitrogen and oxygen atoms in total. The second kappa shape index (κ2) is 5.06. The summed E-state index contributed by atoms with van der Waals surface area (Å²) >= 11 is 5.72. The molecule has 1 atom stereocenters. The van der Waals surface area contributed by atoms with Crippen LogP contribution < -0.4 is 0 Å². The van der Waals surface area contributed by atoms with Crippen molar-refractivity contribution < 1.29 is 17.9 Å². The first-order valence-electron chi connectivity index (χ1n) is 4.73. The zero-order valence-electron chi connectivity index (χ0n) is 8.94. The van der Waals surface area contributed by atoms with Crippen LogP contribution >= 0.6 is 11.6 Å².